The van der Waals surface area contributed by atoms with Crippen molar-refractivity contribution in [1.82, 2.24) is 5.32 Å². The van der Waals surface area contributed by atoms with Gasteiger partial charge in [-0.05, 0) is 37.5 Å². The van der Waals surface area contributed by atoms with E-state index in [4.69, 9.17) is 5.73 Å². The van der Waals surface area contributed by atoms with Crippen LogP contribution in [0.3, 0.4) is 0 Å². The van der Waals surface area contributed by atoms with Gasteiger partial charge < -0.3 is 16.0 Å². The summed E-state index contributed by atoms with van der Waals surface area (Å²) in [5.74, 6) is 0.118. The smallest absolute Gasteiger partial charge is 0.242 e. The molecule has 0 spiro atoms. The minimum absolute atomic E-state index is 0.118. The molecule has 2 rings (SSSR count). The summed E-state index contributed by atoms with van der Waals surface area (Å²) in [6.07, 6.45) is 6.00. The highest BCUT2D eigenvalue weighted by molar-refractivity contribution is 5.85. The maximum atomic E-state index is 12.4. The zero-order chi connectivity index (χ0) is 15.2. The van der Waals surface area contributed by atoms with Gasteiger partial charge in [0.2, 0.25) is 5.91 Å². The summed E-state index contributed by atoms with van der Waals surface area (Å²) in [6, 6.07) is 8.26. The van der Waals surface area contributed by atoms with E-state index in [1.165, 1.54) is 19.3 Å². The molecule has 1 aliphatic rings. The van der Waals surface area contributed by atoms with Crippen molar-refractivity contribution in [1.29, 1.82) is 0 Å². The lowest BCUT2D eigenvalue weighted by atomic mass is 9.95. The lowest BCUT2D eigenvalue weighted by Crippen LogP contribution is -2.47. The molecule has 4 nitrogen and oxygen atoms in total. The molecule has 1 aromatic carbocycles. The van der Waals surface area contributed by atoms with Crippen molar-refractivity contribution in [2.24, 2.45) is 5.73 Å². The van der Waals surface area contributed by atoms with Gasteiger partial charge in [-0.2, -0.15) is 0 Å². The van der Waals surface area contributed by atoms with Gasteiger partial charge in [0.1, 0.15) is 6.04 Å². The molecule has 21 heavy (non-hydrogen) atoms. The molecule has 3 N–H and O–H groups in total. The Morgan fingerprint density at radius 1 is 1.29 bits per heavy atom. The number of anilines is 1. The third-order valence-electron chi connectivity index (χ3n) is 4.49. The van der Waals surface area contributed by atoms with Gasteiger partial charge in [0.05, 0.1) is 0 Å². The Labute approximate surface area is 127 Å². The predicted octanol–water partition coefficient (Wildman–Crippen LogP) is 2.42. The summed E-state index contributed by atoms with van der Waals surface area (Å²) in [6.45, 7) is 2.50. The van der Waals surface area contributed by atoms with Gasteiger partial charge in [-0.3, -0.25) is 4.79 Å². The van der Waals surface area contributed by atoms with Crippen molar-refractivity contribution in [3.05, 3.63) is 29.8 Å². The van der Waals surface area contributed by atoms with Gasteiger partial charge in [-0.1, -0.05) is 31.4 Å². The second-order valence-electron chi connectivity index (χ2n) is 6.00. The van der Waals surface area contributed by atoms with E-state index < -0.39 is 0 Å². The van der Waals surface area contributed by atoms with Crippen molar-refractivity contribution >= 4 is 11.6 Å². The van der Waals surface area contributed by atoms with Crippen molar-refractivity contribution in [3.63, 3.8) is 0 Å². The molecule has 0 saturated heterocycles. The predicted molar refractivity (Wildman–Crippen MR) is 87.2 cm³/mol. The fraction of sp³-hybridized carbons (Fsp3) is 0.588. The second kappa shape index (κ2) is 7.46. The molecule has 0 aliphatic heterocycles. The molecule has 116 valence electrons. The molecule has 1 amide bonds. The first-order valence-electron chi connectivity index (χ1n) is 7.94. The van der Waals surface area contributed by atoms with Crippen LogP contribution in [-0.2, 0) is 11.3 Å². The molecular formula is C17H27N3O. The highest BCUT2D eigenvalue weighted by atomic mass is 16.2. The lowest BCUT2D eigenvalue weighted by Gasteiger charge is -2.29. The number of carbonyl (C=O) groups excluding carboxylic acids is 1. The van der Waals surface area contributed by atoms with Crippen LogP contribution in [0.1, 0.15) is 44.6 Å². The number of nitrogens with one attached hydrogen (secondary N) is 1. The standard InChI is InChI=1S/C17H27N3O/c1-13(17(21)19-15-6-4-3-5-7-15)20(2)16-10-8-14(12-18)9-11-16/h8-11,13,15H,3-7,12,18H2,1-2H3,(H,19,21). The molecule has 1 saturated carbocycles. The number of amides is 1. The Morgan fingerprint density at radius 2 is 1.90 bits per heavy atom. The number of hydrogen-bond donors (Lipinski definition) is 2. The average molecular weight is 289 g/mol. The Kier molecular flexibility index (Phi) is 5.62. The largest absolute Gasteiger partial charge is 0.363 e. The van der Waals surface area contributed by atoms with Gasteiger partial charge in [0.15, 0.2) is 0 Å². The van der Waals surface area contributed by atoms with Crippen LogP contribution < -0.4 is 16.0 Å². The quantitative estimate of drug-likeness (QED) is 0.875. The Balaban J connectivity index is 1.93. The fourth-order valence-corrected chi connectivity index (χ4v) is 2.84. The molecule has 0 radical (unpaired) electrons. The van der Waals surface area contributed by atoms with Gasteiger partial charge >= 0.3 is 0 Å². The highest BCUT2D eigenvalue weighted by Crippen LogP contribution is 2.19. The van der Waals surface area contributed by atoms with Crippen LogP contribution in [0.4, 0.5) is 5.69 Å². The Morgan fingerprint density at radius 3 is 2.48 bits per heavy atom. The van der Waals surface area contributed by atoms with Gasteiger partial charge in [-0.15, -0.1) is 0 Å². The minimum Gasteiger partial charge on any atom is -0.363 e. The van der Waals surface area contributed by atoms with E-state index in [0.717, 1.165) is 24.1 Å². The van der Waals surface area contributed by atoms with E-state index in [-0.39, 0.29) is 11.9 Å². The van der Waals surface area contributed by atoms with Crippen molar-refractivity contribution in [2.75, 3.05) is 11.9 Å². The maximum Gasteiger partial charge on any atom is 0.242 e. The zero-order valence-corrected chi connectivity index (χ0v) is 13.1. The summed E-state index contributed by atoms with van der Waals surface area (Å²) >= 11 is 0. The lowest BCUT2D eigenvalue weighted by molar-refractivity contribution is -0.122. The van der Waals surface area contributed by atoms with Crippen LogP contribution in [0.25, 0.3) is 0 Å². The van der Waals surface area contributed by atoms with Gasteiger partial charge in [0.25, 0.3) is 0 Å². The van der Waals surface area contributed by atoms with E-state index in [0.29, 0.717) is 12.6 Å². The Bertz CT molecular complexity index is 452. The zero-order valence-electron chi connectivity index (χ0n) is 13.1. The van der Waals surface area contributed by atoms with E-state index in [1.54, 1.807) is 0 Å². The van der Waals surface area contributed by atoms with Crippen molar-refractivity contribution in [3.8, 4) is 0 Å². The summed E-state index contributed by atoms with van der Waals surface area (Å²) in [4.78, 5) is 14.4. The number of nitrogens with two attached hydrogens (primary N) is 1. The molecule has 4 heteroatoms. The fourth-order valence-electron chi connectivity index (χ4n) is 2.84. The maximum absolute atomic E-state index is 12.4. The SMILES string of the molecule is CC(C(=O)NC1CCCCC1)N(C)c1ccc(CN)cc1. The number of likely N-dealkylation sites (N-methyl/N-ethyl adjacent to an activating group) is 1. The third kappa shape index (κ3) is 4.21. The Hall–Kier alpha value is -1.55. The van der Waals surface area contributed by atoms with Crippen LogP contribution in [0, 0.1) is 0 Å². The second-order valence-corrected chi connectivity index (χ2v) is 6.00. The van der Waals surface area contributed by atoms with Crippen molar-refractivity contribution < 1.29 is 4.79 Å². The average Bonchev–Trinajstić information content (AvgIpc) is 2.54. The first kappa shape index (κ1) is 15.8. The van der Waals surface area contributed by atoms with Crippen molar-refractivity contribution in [2.45, 2.75) is 57.7 Å². The van der Waals surface area contributed by atoms with E-state index in [2.05, 4.69) is 5.32 Å². The van der Waals surface area contributed by atoms with Gasteiger partial charge in [0, 0.05) is 25.3 Å². The number of carbonyl (C=O) groups is 1. The summed E-state index contributed by atoms with van der Waals surface area (Å²) in [5.41, 5.74) is 7.75. The molecule has 0 heterocycles. The van der Waals surface area contributed by atoms with E-state index in [9.17, 15) is 4.79 Å². The van der Waals surface area contributed by atoms with Crippen LogP contribution in [0.15, 0.2) is 24.3 Å². The first-order chi connectivity index (χ1) is 10.1. The molecule has 1 fully saturated rings. The van der Waals surface area contributed by atoms with E-state index >= 15 is 0 Å². The molecule has 0 aromatic heterocycles. The minimum atomic E-state index is -0.171. The number of rotatable bonds is 5. The van der Waals surface area contributed by atoms with Crippen LogP contribution in [-0.4, -0.2) is 25.0 Å². The topological polar surface area (TPSA) is 58.4 Å². The molecule has 1 atom stereocenters. The van der Waals surface area contributed by atoms with Gasteiger partial charge in [-0.25, -0.2) is 0 Å². The monoisotopic (exact) mass is 289 g/mol. The normalized spacial score (nSPS) is 17.3. The third-order valence-corrected chi connectivity index (χ3v) is 4.49. The molecule has 1 unspecified atom stereocenters. The molecular weight excluding hydrogens is 262 g/mol. The molecule has 1 aromatic rings. The first-order valence-corrected chi connectivity index (χ1v) is 7.94. The van der Waals surface area contributed by atoms with Crippen LogP contribution in [0.5, 0.6) is 0 Å². The number of benzene rings is 1. The summed E-state index contributed by atoms with van der Waals surface area (Å²) < 4.78 is 0. The summed E-state index contributed by atoms with van der Waals surface area (Å²) in [5, 5.41) is 3.19. The highest BCUT2D eigenvalue weighted by Gasteiger charge is 2.22. The number of nitrogens with zero attached hydrogens (tertiary/aromatic N) is 1. The molecule has 1 aliphatic carbocycles. The summed E-state index contributed by atoms with van der Waals surface area (Å²) in [7, 11) is 1.96. The number of hydrogen-bond acceptors (Lipinski definition) is 3. The molecule has 0 bridgehead atoms. The van der Waals surface area contributed by atoms with Crippen LogP contribution in [0.2, 0.25) is 0 Å². The van der Waals surface area contributed by atoms with E-state index in [1.807, 2.05) is 43.1 Å². The van der Waals surface area contributed by atoms with Crippen LogP contribution >= 0.6 is 0 Å².